The van der Waals surface area contributed by atoms with Gasteiger partial charge in [-0.1, -0.05) is 35.5 Å². The highest BCUT2D eigenvalue weighted by molar-refractivity contribution is 5.92. The number of carbonyl (C=O) groups is 2. The van der Waals surface area contributed by atoms with Crippen LogP contribution in [0, 0.1) is 5.92 Å². The van der Waals surface area contributed by atoms with Crippen LogP contribution in [-0.2, 0) is 4.79 Å². The summed E-state index contributed by atoms with van der Waals surface area (Å²) < 4.78 is 5.34. The average molecular weight is 437 g/mol. The Kier molecular flexibility index (Phi) is 6.00. The van der Waals surface area contributed by atoms with Crippen LogP contribution in [0.3, 0.4) is 0 Å². The molecule has 1 saturated heterocycles. The average Bonchev–Trinajstić information content (AvgIpc) is 3.56. The molecule has 0 spiro atoms. The molecule has 0 radical (unpaired) electrons. The third-order valence-corrected chi connectivity index (χ3v) is 7.27. The number of nitrogens with two attached hydrogens (primary N) is 1. The van der Waals surface area contributed by atoms with Crippen LogP contribution in [0.25, 0.3) is 0 Å². The Hall–Kier alpha value is -2.67. The molecule has 3 fully saturated rings. The fourth-order valence-corrected chi connectivity index (χ4v) is 5.17. The van der Waals surface area contributed by atoms with Crippen molar-refractivity contribution >= 4 is 11.8 Å². The van der Waals surface area contributed by atoms with Crippen molar-refractivity contribution in [3.05, 3.63) is 53.4 Å². The summed E-state index contributed by atoms with van der Waals surface area (Å²) >= 11 is 0. The molecule has 2 aromatic rings. The molecular weight excluding hydrogens is 404 g/mol. The van der Waals surface area contributed by atoms with E-state index in [1.54, 1.807) is 6.07 Å². The molecule has 170 valence electrons. The number of likely N-dealkylation sites (tertiary alicyclic amines) is 1. The zero-order chi connectivity index (χ0) is 22.1. The van der Waals surface area contributed by atoms with Crippen LogP contribution < -0.4 is 11.1 Å². The monoisotopic (exact) mass is 436 g/mol. The largest absolute Gasteiger partial charge is 0.360 e. The number of rotatable bonds is 5. The second-order valence-corrected chi connectivity index (χ2v) is 9.65. The Labute approximate surface area is 188 Å². The lowest BCUT2D eigenvalue weighted by atomic mass is 9.83. The van der Waals surface area contributed by atoms with Crippen molar-refractivity contribution in [3.8, 4) is 0 Å². The van der Waals surface area contributed by atoms with E-state index >= 15 is 0 Å². The first-order valence-electron chi connectivity index (χ1n) is 12.0. The molecular formula is C25H32N4O3. The Morgan fingerprint density at radius 2 is 1.78 bits per heavy atom. The van der Waals surface area contributed by atoms with Gasteiger partial charge in [-0.3, -0.25) is 9.59 Å². The minimum atomic E-state index is -0.196. The van der Waals surface area contributed by atoms with Crippen molar-refractivity contribution < 1.29 is 14.1 Å². The second-order valence-electron chi connectivity index (χ2n) is 9.65. The maximum atomic E-state index is 13.4. The molecule has 2 atom stereocenters. The van der Waals surface area contributed by atoms with Gasteiger partial charge >= 0.3 is 0 Å². The van der Waals surface area contributed by atoms with Crippen LogP contribution >= 0.6 is 0 Å². The van der Waals surface area contributed by atoms with Crippen LogP contribution in [-0.4, -0.2) is 40.5 Å². The number of benzene rings is 1. The Morgan fingerprint density at radius 1 is 1.03 bits per heavy atom. The maximum Gasteiger partial charge on any atom is 0.273 e. The predicted molar refractivity (Wildman–Crippen MR) is 120 cm³/mol. The van der Waals surface area contributed by atoms with Gasteiger partial charge in [0.1, 0.15) is 5.76 Å². The topological polar surface area (TPSA) is 101 Å². The molecule has 3 N–H and O–H groups in total. The van der Waals surface area contributed by atoms with Crippen molar-refractivity contribution in [1.82, 2.24) is 15.4 Å². The van der Waals surface area contributed by atoms with Crippen molar-refractivity contribution in [2.75, 3.05) is 6.54 Å². The first-order valence-corrected chi connectivity index (χ1v) is 12.0. The molecule has 32 heavy (non-hydrogen) atoms. The minimum absolute atomic E-state index is 0.0161. The van der Waals surface area contributed by atoms with Gasteiger partial charge in [0.05, 0.1) is 6.04 Å². The highest BCUT2D eigenvalue weighted by Gasteiger charge is 2.37. The zero-order valence-corrected chi connectivity index (χ0v) is 18.4. The van der Waals surface area contributed by atoms with E-state index < -0.39 is 0 Å². The van der Waals surface area contributed by atoms with E-state index in [9.17, 15) is 9.59 Å². The van der Waals surface area contributed by atoms with E-state index in [0.717, 1.165) is 56.3 Å². The SMILES string of the molecule is NC1CCC(C(=O)N2CCC(NC(=O)c3cc(C4CC4)on3)CC2c2ccccc2)CC1. The number of hydrogen-bond donors (Lipinski definition) is 2. The molecule has 2 saturated carbocycles. The molecule has 1 aromatic heterocycles. The van der Waals surface area contributed by atoms with Gasteiger partial charge in [-0.05, 0) is 56.9 Å². The van der Waals surface area contributed by atoms with E-state index in [4.69, 9.17) is 10.3 Å². The summed E-state index contributed by atoms with van der Waals surface area (Å²) in [6.07, 6.45) is 7.21. The molecule has 7 nitrogen and oxygen atoms in total. The van der Waals surface area contributed by atoms with Crippen LogP contribution in [0.4, 0.5) is 0 Å². The Balaban J connectivity index is 1.28. The van der Waals surface area contributed by atoms with Gasteiger partial charge in [-0.2, -0.15) is 0 Å². The highest BCUT2D eigenvalue weighted by Crippen LogP contribution is 2.40. The number of hydrogen-bond acceptors (Lipinski definition) is 5. The molecule has 2 heterocycles. The minimum Gasteiger partial charge on any atom is -0.360 e. The third-order valence-electron chi connectivity index (χ3n) is 7.27. The van der Waals surface area contributed by atoms with E-state index in [1.807, 2.05) is 23.1 Å². The molecule has 1 aromatic carbocycles. The molecule has 1 aliphatic heterocycles. The fourth-order valence-electron chi connectivity index (χ4n) is 5.17. The van der Waals surface area contributed by atoms with Crippen LogP contribution in [0.1, 0.15) is 85.1 Å². The lowest BCUT2D eigenvalue weighted by Crippen LogP contribution is -2.50. The van der Waals surface area contributed by atoms with Crippen molar-refractivity contribution in [1.29, 1.82) is 0 Å². The summed E-state index contributed by atoms with van der Waals surface area (Å²) in [6, 6.07) is 12.1. The van der Waals surface area contributed by atoms with Gasteiger partial charge in [-0.25, -0.2) is 0 Å². The van der Waals surface area contributed by atoms with Gasteiger partial charge in [0.2, 0.25) is 5.91 Å². The fraction of sp³-hybridized carbons (Fsp3) is 0.560. The van der Waals surface area contributed by atoms with Crippen LogP contribution in [0.15, 0.2) is 40.9 Å². The van der Waals surface area contributed by atoms with Crippen molar-refractivity contribution in [2.24, 2.45) is 11.7 Å². The van der Waals surface area contributed by atoms with E-state index in [0.29, 0.717) is 24.6 Å². The molecule has 7 heteroatoms. The maximum absolute atomic E-state index is 13.4. The van der Waals surface area contributed by atoms with E-state index in [-0.39, 0.29) is 35.9 Å². The molecule has 3 aliphatic rings. The van der Waals surface area contributed by atoms with Crippen LogP contribution in [0.5, 0.6) is 0 Å². The second kappa shape index (κ2) is 9.06. The summed E-state index contributed by atoms with van der Waals surface area (Å²) in [5, 5.41) is 7.11. The normalized spacial score (nSPS) is 28.3. The molecule has 2 amide bonds. The summed E-state index contributed by atoms with van der Waals surface area (Å²) in [4.78, 5) is 28.3. The van der Waals surface area contributed by atoms with E-state index in [1.165, 1.54) is 0 Å². The highest BCUT2D eigenvalue weighted by atomic mass is 16.5. The molecule has 5 rings (SSSR count). The smallest absolute Gasteiger partial charge is 0.273 e. The first-order chi connectivity index (χ1) is 15.6. The van der Waals surface area contributed by atoms with Gasteiger partial charge in [0.25, 0.3) is 5.91 Å². The number of piperidine rings is 1. The molecule has 0 bridgehead atoms. The summed E-state index contributed by atoms with van der Waals surface area (Å²) in [7, 11) is 0. The molecule has 2 unspecified atom stereocenters. The van der Waals surface area contributed by atoms with Gasteiger partial charge < -0.3 is 20.5 Å². The number of aromatic nitrogens is 1. The summed E-state index contributed by atoms with van der Waals surface area (Å²) in [5.74, 6) is 1.34. The lowest BCUT2D eigenvalue weighted by molar-refractivity contribution is -0.141. The van der Waals surface area contributed by atoms with E-state index in [2.05, 4.69) is 22.6 Å². The Morgan fingerprint density at radius 3 is 2.50 bits per heavy atom. The quantitative estimate of drug-likeness (QED) is 0.747. The van der Waals surface area contributed by atoms with Crippen molar-refractivity contribution in [2.45, 2.75) is 75.4 Å². The van der Waals surface area contributed by atoms with Crippen LogP contribution in [0.2, 0.25) is 0 Å². The number of amides is 2. The number of carbonyl (C=O) groups excluding carboxylic acids is 2. The summed E-state index contributed by atoms with van der Waals surface area (Å²) in [5.41, 5.74) is 7.51. The number of nitrogens with one attached hydrogen (secondary N) is 1. The standard InChI is InChI=1S/C25H32N4O3/c26-19-10-8-18(9-11-19)25(31)29-13-12-20(14-22(29)16-4-2-1-3-5-16)27-24(30)21-15-23(32-28-21)17-6-7-17/h1-5,15,17-20,22H,6-14,26H2,(H,27,30). The van der Waals surface area contributed by atoms with Crippen molar-refractivity contribution in [3.63, 3.8) is 0 Å². The predicted octanol–water partition coefficient (Wildman–Crippen LogP) is 3.53. The zero-order valence-electron chi connectivity index (χ0n) is 18.4. The number of nitrogens with zero attached hydrogens (tertiary/aromatic N) is 2. The molecule has 2 aliphatic carbocycles. The Bertz CT molecular complexity index is 947. The summed E-state index contributed by atoms with van der Waals surface area (Å²) in [6.45, 7) is 0.637. The van der Waals surface area contributed by atoms with Gasteiger partial charge in [-0.15, -0.1) is 0 Å². The van der Waals surface area contributed by atoms with Gasteiger partial charge in [0, 0.05) is 36.5 Å². The third kappa shape index (κ3) is 4.58. The lowest BCUT2D eigenvalue weighted by Gasteiger charge is -2.42. The first kappa shape index (κ1) is 21.2. The van der Waals surface area contributed by atoms with Gasteiger partial charge in [0.15, 0.2) is 5.69 Å².